The van der Waals surface area contributed by atoms with Crippen LogP contribution in [-0.4, -0.2) is 12.9 Å². The molecule has 2 aromatic carbocycles. The average molecular weight is 258 g/mol. The minimum absolute atomic E-state index is 0.0352. The highest BCUT2D eigenvalue weighted by Gasteiger charge is 2.18. The molecule has 0 saturated carbocycles. The van der Waals surface area contributed by atoms with Crippen molar-refractivity contribution in [3.8, 4) is 5.75 Å². The molecule has 2 aromatic rings. The first-order valence-electron chi connectivity index (χ1n) is 5.99. The molecule has 0 fully saturated rings. The van der Waals surface area contributed by atoms with Crippen molar-refractivity contribution in [3.05, 3.63) is 64.5 Å². The third-order valence-corrected chi connectivity index (χ3v) is 3.07. The van der Waals surface area contributed by atoms with Gasteiger partial charge in [-0.05, 0) is 37.6 Å². The van der Waals surface area contributed by atoms with Gasteiger partial charge in [-0.1, -0.05) is 23.8 Å². The number of rotatable bonds is 3. The number of methoxy groups -OCH3 is 1. The third-order valence-electron chi connectivity index (χ3n) is 3.07. The number of carbonyl (C=O) groups excluding carboxylic acids is 1. The SMILES string of the molecule is COc1cccc(C(=O)c2cc(C)ccc2C)c1F. The Labute approximate surface area is 111 Å². The Hall–Kier alpha value is -2.16. The molecule has 0 amide bonds. The summed E-state index contributed by atoms with van der Waals surface area (Å²) in [6, 6.07) is 10.1. The fourth-order valence-electron chi connectivity index (χ4n) is 1.97. The van der Waals surface area contributed by atoms with Crippen molar-refractivity contribution in [2.24, 2.45) is 0 Å². The van der Waals surface area contributed by atoms with Gasteiger partial charge in [0.1, 0.15) is 0 Å². The number of aryl methyl sites for hydroxylation is 2. The second kappa shape index (κ2) is 5.22. The van der Waals surface area contributed by atoms with E-state index < -0.39 is 5.82 Å². The van der Waals surface area contributed by atoms with Crippen LogP contribution in [-0.2, 0) is 0 Å². The van der Waals surface area contributed by atoms with Gasteiger partial charge < -0.3 is 4.74 Å². The molecule has 98 valence electrons. The molecule has 0 heterocycles. The van der Waals surface area contributed by atoms with E-state index in [9.17, 15) is 9.18 Å². The molecule has 2 nitrogen and oxygen atoms in total. The van der Waals surface area contributed by atoms with Crippen LogP contribution in [0.2, 0.25) is 0 Å². The van der Waals surface area contributed by atoms with Crippen LogP contribution in [0.3, 0.4) is 0 Å². The van der Waals surface area contributed by atoms with Gasteiger partial charge in [0.2, 0.25) is 0 Å². The highest BCUT2D eigenvalue weighted by molar-refractivity contribution is 6.10. The standard InChI is InChI=1S/C16H15FO2/c1-10-7-8-11(2)13(9-10)16(18)12-5-4-6-14(19-3)15(12)17/h4-9H,1-3H3. The molecule has 0 unspecified atom stereocenters. The number of ketones is 1. The number of hydrogen-bond donors (Lipinski definition) is 0. The Bertz CT molecular complexity index is 633. The monoisotopic (exact) mass is 258 g/mol. The van der Waals surface area contributed by atoms with Crippen molar-refractivity contribution < 1.29 is 13.9 Å². The van der Waals surface area contributed by atoms with Gasteiger partial charge >= 0.3 is 0 Å². The van der Waals surface area contributed by atoms with Gasteiger partial charge in [0.15, 0.2) is 17.3 Å². The summed E-state index contributed by atoms with van der Waals surface area (Å²) in [6.07, 6.45) is 0. The van der Waals surface area contributed by atoms with Crippen molar-refractivity contribution in [2.75, 3.05) is 7.11 Å². The van der Waals surface area contributed by atoms with Crippen molar-refractivity contribution >= 4 is 5.78 Å². The highest BCUT2D eigenvalue weighted by Crippen LogP contribution is 2.23. The van der Waals surface area contributed by atoms with E-state index in [1.54, 1.807) is 12.1 Å². The van der Waals surface area contributed by atoms with Gasteiger partial charge in [-0.3, -0.25) is 4.79 Å². The van der Waals surface area contributed by atoms with E-state index in [0.29, 0.717) is 5.56 Å². The van der Waals surface area contributed by atoms with Crippen molar-refractivity contribution in [1.29, 1.82) is 0 Å². The van der Waals surface area contributed by atoms with Gasteiger partial charge in [0, 0.05) is 5.56 Å². The Morgan fingerprint density at radius 1 is 1.11 bits per heavy atom. The molecule has 2 rings (SSSR count). The lowest BCUT2D eigenvalue weighted by molar-refractivity contribution is 0.103. The normalized spacial score (nSPS) is 10.3. The van der Waals surface area contributed by atoms with Gasteiger partial charge in [-0.25, -0.2) is 4.39 Å². The van der Waals surface area contributed by atoms with Crippen molar-refractivity contribution in [1.82, 2.24) is 0 Å². The fraction of sp³-hybridized carbons (Fsp3) is 0.188. The van der Waals surface area contributed by atoms with Crippen molar-refractivity contribution in [3.63, 3.8) is 0 Å². The van der Waals surface area contributed by atoms with Gasteiger partial charge in [0.25, 0.3) is 0 Å². The number of halogens is 1. The summed E-state index contributed by atoms with van der Waals surface area (Å²) < 4.78 is 19.0. The number of carbonyl (C=O) groups is 1. The Balaban J connectivity index is 2.53. The molecule has 0 aromatic heterocycles. The Morgan fingerprint density at radius 2 is 1.84 bits per heavy atom. The predicted octanol–water partition coefficient (Wildman–Crippen LogP) is 3.68. The molecule has 0 aliphatic rings. The lowest BCUT2D eigenvalue weighted by Crippen LogP contribution is -2.07. The quantitative estimate of drug-likeness (QED) is 0.785. The molecule has 0 saturated heterocycles. The highest BCUT2D eigenvalue weighted by atomic mass is 19.1. The molecule has 0 radical (unpaired) electrons. The first kappa shape index (κ1) is 13.3. The van der Waals surface area contributed by atoms with Crippen LogP contribution in [0.5, 0.6) is 5.75 Å². The molecule has 0 spiro atoms. The van der Waals surface area contributed by atoms with Gasteiger partial charge in [-0.2, -0.15) is 0 Å². The minimum atomic E-state index is -0.615. The molecule has 0 aliphatic heterocycles. The van der Waals surface area contributed by atoms with E-state index in [1.165, 1.54) is 19.2 Å². The number of benzene rings is 2. The maximum atomic E-state index is 14.1. The topological polar surface area (TPSA) is 26.3 Å². The minimum Gasteiger partial charge on any atom is -0.494 e. The first-order chi connectivity index (χ1) is 9.04. The van der Waals surface area contributed by atoms with Crippen LogP contribution in [0.15, 0.2) is 36.4 Å². The summed E-state index contributed by atoms with van der Waals surface area (Å²) in [5, 5.41) is 0. The molecule has 19 heavy (non-hydrogen) atoms. The number of ether oxygens (including phenoxy) is 1. The molecule has 0 atom stereocenters. The van der Waals surface area contributed by atoms with E-state index in [0.717, 1.165) is 11.1 Å². The van der Waals surface area contributed by atoms with E-state index in [4.69, 9.17) is 4.74 Å². The van der Waals surface area contributed by atoms with Gasteiger partial charge in [0.05, 0.1) is 12.7 Å². The molecule has 0 aliphatic carbocycles. The zero-order valence-corrected chi connectivity index (χ0v) is 11.2. The second-order valence-electron chi connectivity index (χ2n) is 4.47. The van der Waals surface area contributed by atoms with Crippen LogP contribution >= 0.6 is 0 Å². The predicted molar refractivity (Wildman–Crippen MR) is 72.3 cm³/mol. The maximum Gasteiger partial charge on any atom is 0.196 e. The van der Waals surface area contributed by atoms with E-state index in [2.05, 4.69) is 0 Å². The van der Waals surface area contributed by atoms with Crippen LogP contribution in [0.1, 0.15) is 27.0 Å². The first-order valence-corrected chi connectivity index (χ1v) is 5.99. The summed E-state index contributed by atoms with van der Waals surface area (Å²) in [4.78, 5) is 12.4. The number of hydrogen-bond acceptors (Lipinski definition) is 2. The van der Waals surface area contributed by atoms with Crippen LogP contribution in [0.4, 0.5) is 4.39 Å². The summed E-state index contributed by atoms with van der Waals surface area (Å²) in [5.74, 6) is -0.857. The van der Waals surface area contributed by atoms with Gasteiger partial charge in [-0.15, -0.1) is 0 Å². The summed E-state index contributed by atoms with van der Waals surface area (Å²) >= 11 is 0. The molecule has 3 heteroatoms. The summed E-state index contributed by atoms with van der Waals surface area (Å²) in [7, 11) is 1.38. The molecular formula is C16H15FO2. The maximum absolute atomic E-state index is 14.1. The zero-order valence-electron chi connectivity index (χ0n) is 11.2. The lowest BCUT2D eigenvalue weighted by atomic mass is 9.97. The summed E-state index contributed by atoms with van der Waals surface area (Å²) in [5.41, 5.74) is 2.36. The fourth-order valence-corrected chi connectivity index (χ4v) is 1.97. The van der Waals surface area contributed by atoms with E-state index >= 15 is 0 Å². The molecular weight excluding hydrogens is 243 g/mol. The Morgan fingerprint density at radius 3 is 2.53 bits per heavy atom. The zero-order chi connectivity index (χ0) is 14.0. The Kier molecular flexibility index (Phi) is 3.65. The van der Waals surface area contributed by atoms with Crippen LogP contribution in [0.25, 0.3) is 0 Å². The van der Waals surface area contributed by atoms with E-state index in [1.807, 2.05) is 26.0 Å². The second-order valence-corrected chi connectivity index (χ2v) is 4.47. The molecule has 0 N–H and O–H groups in total. The largest absolute Gasteiger partial charge is 0.494 e. The lowest BCUT2D eigenvalue weighted by Gasteiger charge is -2.09. The third kappa shape index (κ3) is 2.50. The average Bonchev–Trinajstić information content (AvgIpc) is 2.41. The summed E-state index contributed by atoms with van der Waals surface area (Å²) in [6.45, 7) is 3.74. The van der Waals surface area contributed by atoms with E-state index in [-0.39, 0.29) is 17.1 Å². The van der Waals surface area contributed by atoms with Crippen LogP contribution in [0, 0.1) is 19.7 Å². The molecule has 0 bridgehead atoms. The smallest absolute Gasteiger partial charge is 0.196 e. The van der Waals surface area contributed by atoms with Crippen LogP contribution < -0.4 is 4.74 Å². The van der Waals surface area contributed by atoms with Crippen molar-refractivity contribution in [2.45, 2.75) is 13.8 Å².